The predicted octanol–water partition coefficient (Wildman–Crippen LogP) is 4.75. The molecule has 0 bridgehead atoms. The largest absolute Gasteiger partial charge is 0.373 e. The van der Waals surface area contributed by atoms with Crippen molar-refractivity contribution in [3.8, 4) is 0 Å². The van der Waals surface area contributed by atoms with Gasteiger partial charge in [0.15, 0.2) is 0 Å². The summed E-state index contributed by atoms with van der Waals surface area (Å²) in [5.41, 5.74) is 2.30. The lowest BCUT2D eigenvalue weighted by atomic mass is 10.0. The monoisotopic (exact) mass is 314 g/mol. The van der Waals surface area contributed by atoms with Crippen LogP contribution in [0.4, 0.5) is 5.82 Å². The van der Waals surface area contributed by atoms with Gasteiger partial charge in [-0.25, -0.2) is 4.98 Å². The van der Waals surface area contributed by atoms with E-state index in [1.54, 1.807) is 0 Å². The number of anilines is 1. The van der Waals surface area contributed by atoms with E-state index < -0.39 is 0 Å². The average molecular weight is 315 g/mol. The summed E-state index contributed by atoms with van der Waals surface area (Å²) in [5, 5.41) is 6.77. The van der Waals surface area contributed by atoms with Crippen molar-refractivity contribution < 1.29 is 0 Å². The second-order valence-corrected chi connectivity index (χ2v) is 5.43. The number of nitrogens with one attached hydrogen (secondary N) is 1. The third-order valence-electron chi connectivity index (χ3n) is 3.47. The number of benzene rings is 2. The van der Waals surface area contributed by atoms with Crippen LogP contribution in [0.5, 0.6) is 0 Å². The van der Waals surface area contributed by atoms with E-state index in [1.165, 1.54) is 21.7 Å². The van der Waals surface area contributed by atoms with Crippen LogP contribution >= 0.6 is 15.9 Å². The summed E-state index contributed by atoms with van der Waals surface area (Å²) >= 11 is 3.66. The zero-order valence-electron chi connectivity index (χ0n) is 11.0. The van der Waals surface area contributed by atoms with Crippen LogP contribution in [0.3, 0.4) is 0 Å². The van der Waals surface area contributed by atoms with E-state index >= 15 is 0 Å². The average Bonchev–Trinajstić information content (AvgIpc) is 2.46. The summed E-state index contributed by atoms with van der Waals surface area (Å²) in [6, 6.07) is 12.7. The fourth-order valence-electron chi connectivity index (χ4n) is 2.50. The molecule has 0 aliphatic heterocycles. The van der Waals surface area contributed by atoms with Gasteiger partial charge < -0.3 is 5.32 Å². The van der Waals surface area contributed by atoms with Crippen LogP contribution in [0.25, 0.3) is 21.7 Å². The zero-order valence-corrected chi connectivity index (χ0v) is 12.6. The first-order chi connectivity index (χ1) is 9.24. The van der Waals surface area contributed by atoms with Crippen molar-refractivity contribution in [2.75, 3.05) is 12.4 Å². The van der Waals surface area contributed by atoms with E-state index in [4.69, 9.17) is 4.98 Å². The standard InChI is InChI=1S/C16H15BrN2/c1-3-10-8-11-9-14(17)12-6-4-5-7-13(12)15(11)19-16(10)18-2/h4-9H,3H2,1-2H3,(H,18,19). The topological polar surface area (TPSA) is 24.9 Å². The maximum atomic E-state index is 4.80. The Labute approximate surface area is 121 Å². The molecule has 0 aliphatic rings. The molecule has 3 rings (SSSR count). The van der Waals surface area contributed by atoms with Gasteiger partial charge in [0.1, 0.15) is 5.82 Å². The van der Waals surface area contributed by atoms with Gasteiger partial charge >= 0.3 is 0 Å². The Balaban J connectivity index is 2.47. The molecule has 96 valence electrons. The molecule has 0 unspecified atom stereocenters. The summed E-state index contributed by atoms with van der Waals surface area (Å²) in [6.45, 7) is 2.15. The van der Waals surface area contributed by atoms with E-state index in [1.807, 2.05) is 7.05 Å². The summed E-state index contributed by atoms with van der Waals surface area (Å²) in [5.74, 6) is 0.975. The summed E-state index contributed by atoms with van der Waals surface area (Å²) in [7, 11) is 1.92. The minimum Gasteiger partial charge on any atom is -0.373 e. The highest BCUT2D eigenvalue weighted by Gasteiger charge is 2.09. The summed E-state index contributed by atoms with van der Waals surface area (Å²) in [4.78, 5) is 4.80. The quantitative estimate of drug-likeness (QED) is 0.690. The molecule has 0 aliphatic carbocycles. The lowest BCUT2D eigenvalue weighted by Crippen LogP contribution is -1.98. The number of fused-ring (bicyclic) bond motifs is 3. The second-order valence-electron chi connectivity index (χ2n) is 4.58. The highest BCUT2D eigenvalue weighted by Crippen LogP contribution is 2.32. The molecule has 0 saturated heterocycles. The molecule has 0 amide bonds. The van der Waals surface area contributed by atoms with Crippen LogP contribution in [0.1, 0.15) is 12.5 Å². The van der Waals surface area contributed by atoms with Crippen molar-refractivity contribution in [2.45, 2.75) is 13.3 Å². The Morgan fingerprint density at radius 3 is 2.58 bits per heavy atom. The molecule has 1 aromatic heterocycles. The molecule has 1 heterocycles. The van der Waals surface area contributed by atoms with Crippen molar-refractivity contribution >= 4 is 43.4 Å². The van der Waals surface area contributed by atoms with Crippen molar-refractivity contribution in [2.24, 2.45) is 0 Å². The van der Waals surface area contributed by atoms with Gasteiger partial charge in [0.05, 0.1) is 5.52 Å². The van der Waals surface area contributed by atoms with Gasteiger partial charge in [-0.2, -0.15) is 0 Å². The third-order valence-corrected chi connectivity index (χ3v) is 4.13. The lowest BCUT2D eigenvalue weighted by molar-refractivity contribution is 1.12. The number of hydrogen-bond donors (Lipinski definition) is 1. The van der Waals surface area contributed by atoms with E-state index in [0.29, 0.717) is 0 Å². The molecule has 0 saturated carbocycles. The van der Waals surface area contributed by atoms with Crippen LogP contribution in [0.2, 0.25) is 0 Å². The molecule has 19 heavy (non-hydrogen) atoms. The molecule has 2 aromatic carbocycles. The van der Waals surface area contributed by atoms with Crippen LogP contribution in [0.15, 0.2) is 40.9 Å². The smallest absolute Gasteiger partial charge is 0.129 e. The van der Waals surface area contributed by atoms with Gasteiger partial charge in [0.25, 0.3) is 0 Å². The fraction of sp³-hybridized carbons (Fsp3) is 0.188. The van der Waals surface area contributed by atoms with E-state index in [0.717, 1.165) is 22.2 Å². The Hall–Kier alpha value is -1.61. The Bertz CT molecular complexity index is 765. The number of halogens is 1. The third kappa shape index (κ3) is 1.98. The number of aryl methyl sites for hydroxylation is 1. The predicted molar refractivity (Wildman–Crippen MR) is 85.9 cm³/mol. The maximum absolute atomic E-state index is 4.80. The molecular weight excluding hydrogens is 300 g/mol. The summed E-state index contributed by atoms with van der Waals surface area (Å²) < 4.78 is 1.12. The van der Waals surface area contributed by atoms with Crippen LogP contribution < -0.4 is 5.32 Å². The molecule has 0 spiro atoms. The van der Waals surface area contributed by atoms with Gasteiger partial charge in [0, 0.05) is 22.3 Å². The van der Waals surface area contributed by atoms with Gasteiger partial charge in [-0.1, -0.05) is 47.1 Å². The van der Waals surface area contributed by atoms with Crippen molar-refractivity contribution in [3.63, 3.8) is 0 Å². The second kappa shape index (κ2) is 4.82. The number of pyridine rings is 1. The van der Waals surface area contributed by atoms with E-state index in [9.17, 15) is 0 Å². The van der Waals surface area contributed by atoms with Gasteiger partial charge in [-0.3, -0.25) is 0 Å². The van der Waals surface area contributed by atoms with Crippen molar-refractivity contribution in [3.05, 3.63) is 46.4 Å². The molecule has 0 atom stereocenters. The van der Waals surface area contributed by atoms with Crippen LogP contribution in [-0.4, -0.2) is 12.0 Å². The normalized spacial score (nSPS) is 11.1. The fourth-order valence-corrected chi connectivity index (χ4v) is 3.09. The molecule has 0 fully saturated rings. The highest BCUT2D eigenvalue weighted by molar-refractivity contribution is 9.10. The molecule has 0 radical (unpaired) electrons. The Morgan fingerprint density at radius 1 is 1.16 bits per heavy atom. The number of hydrogen-bond acceptors (Lipinski definition) is 2. The zero-order chi connectivity index (χ0) is 13.4. The van der Waals surface area contributed by atoms with Crippen LogP contribution in [0, 0.1) is 0 Å². The number of nitrogens with zero attached hydrogens (tertiary/aromatic N) is 1. The maximum Gasteiger partial charge on any atom is 0.129 e. The lowest BCUT2D eigenvalue weighted by Gasteiger charge is -2.11. The van der Waals surface area contributed by atoms with Gasteiger partial charge in [-0.15, -0.1) is 0 Å². The van der Waals surface area contributed by atoms with Crippen molar-refractivity contribution in [1.29, 1.82) is 0 Å². The number of rotatable bonds is 2. The molecule has 2 nitrogen and oxygen atoms in total. The van der Waals surface area contributed by atoms with Crippen LogP contribution in [-0.2, 0) is 6.42 Å². The molecule has 1 N–H and O–H groups in total. The minimum absolute atomic E-state index is 0.975. The molecular formula is C16H15BrN2. The highest BCUT2D eigenvalue weighted by atomic mass is 79.9. The SMILES string of the molecule is CCc1cc2cc(Br)c3ccccc3c2nc1NC. The Morgan fingerprint density at radius 2 is 1.89 bits per heavy atom. The molecule has 3 heteroatoms. The minimum atomic E-state index is 0.975. The Kier molecular flexibility index (Phi) is 3.15. The number of aromatic nitrogens is 1. The summed E-state index contributed by atoms with van der Waals surface area (Å²) in [6.07, 6.45) is 0.976. The van der Waals surface area contributed by atoms with Gasteiger partial charge in [-0.05, 0) is 29.5 Å². The first kappa shape index (κ1) is 12.4. The van der Waals surface area contributed by atoms with E-state index in [2.05, 4.69) is 64.6 Å². The van der Waals surface area contributed by atoms with Gasteiger partial charge in [0.2, 0.25) is 0 Å². The van der Waals surface area contributed by atoms with E-state index in [-0.39, 0.29) is 0 Å². The first-order valence-corrected chi connectivity index (χ1v) is 7.22. The first-order valence-electron chi connectivity index (χ1n) is 6.43. The van der Waals surface area contributed by atoms with Crippen molar-refractivity contribution in [1.82, 2.24) is 4.98 Å². The molecule has 3 aromatic rings.